The van der Waals surface area contributed by atoms with E-state index in [1.807, 2.05) is 0 Å². The fourth-order valence-electron chi connectivity index (χ4n) is 2.50. The second kappa shape index (κ2) is 8.56. The van der Waals surface area contributed by atoms with Crippen LogP contribution in [0.25, 0.3) is 0 Å². The van der Waals surface area contributed by atoms with E-state index in [1.54, 1.807) is 0 Å². The summed E-state index contributed by atoms with van der Waals surface area (Å²) in [5, 5.41) is 3.50. The molecule has 1 aromatic carbocycles. The van der Waals surface area contributed by atoms with Gasteiger partial charge in [-0.25, -0.2) is 8.42 Å². The summed E-state index contributed by atoms with van der Waals surface area (Å²) in [6.45, 7) is 0. The summed E-state index contributed by atoms with van der Waals surface area (Å²) in [4.78, 5) is 16.8. The summed E-state index contributed by atoms with van der Waals surface area (Å²) in [6, 6.07) is 5.87. The number of nitrogens with zero attached hydrogens (tertiary/aromatic N) is 1. The molecular formula is C15H22N4O4S2. The lowest BCUT2D eigenvalue weighted by Crippen LogP contribution is -2.49. The Morgan fingerprint density at radius 1 is 1.20 bits per heavy atom. The van der Waals surface area contributed by atoms with Crippen molar-refractivity contribution in [2.45, 2.75) is 36.6 Å². The van der Waals surface area contributed by atoms with Crippen molar-refractivity contribution < 1.29 is 18.0 Å². The van der Waals surface area contributed by atoms with Gasteiger partial charge in [-0.3, -0.25) is 20.5 Å². The van der Waals surface area contributed by atoms with Crippen LogP contribution in [-0.2, 0) is 14.9 Å². The van der Waals surface area contributed by atoms with Crippen LogP contribution < -0.4 is 16.2 Å². The second-order valence-corrected chi connectivity index (χ2v) is 8.00. The Hall–Kier alpha value is -1.75. The number of hydroxylamine groups is 1. The van der Waals surface area contributed by atoms with Gasteiger partial charge in [0.05, 0.1) is 12.0 Å². The van der Waals surface area contributed by atoms with Crippen molar-refractivity contribution >= 4 is 33.3 Å². The molecule has 138 valence electrons. The van der Waals surface area contributed by atoms with E-state index in [4.69, 9.17) is 17.1 Å². The molecule has 1 aliphatic rings. The predicted octanol–water partition coefficient (Wildman–Crippen LogP) is 0.920. The maximum atomic E-state index is 12.1. The fraction of sp³-hybridized carbons (Fsp3) is 0.467. The number of amides is 1. The minimum absolute atomic E-state index is 0.0276. The summed E-state index contributed by atoms with van der Waals surface area (Å²) in [7, 11) is -1.19. The molecule has 1 fully saturated rings. The van der Waals surface area contributed by atoms with Crippen LogP contribution in [0.15, 0.2) is 29.2 Å². The molecule has 0 aromatic heterocycles. The summed E-state index contributed by atoms with van der Waals surface area (Å²) >= 11 is 5.13. The number of carbonyl (C=O) groups excluding carboxylic acids is 1. The lowest BCUT2D eigenvalue weighted by Gasteiger charge is -2.16. The highest BCUT2D eigenvalue weighted by Gasteiger charge is 2.21. The first kappa shape index (κ1) is 19.6. The molecule has 1 saturated carbocycles. The van der Waals surface area contributed by atoms with Crippen molar-refractivity contribution in [1.82, 2.24) is 20.6 Å². The van der Waals surface area contributed by atoms with Gasteiger partial charge in [0.1, 0.15) is 0 Å². The Morgan fingerprint density at radius 2 is 1.80 bits per heavy atom. The van der Waals surface area contributed by atoms with Crippen LogP contribution in [0.3, 0.4) is 0 Å². The highest BCUT2D eigenvalue weighted by atomic mass is 32.2. The first-order valence-corrected chi connectivity index (χ1v) is 9.69. The monoisotopic (exact) mass is 386 g/mol. The van der Waals surface area contributed by atoms with Crippen LogP contribution >= 0.6 is 12.2 Å². The van der Waals surface area contributed by atoms with E-state index < -0.39 is 15.9 Å². The van der Waals surface area contributed by atoms with Gasteiger partial charge in [-0.1, -0.05) is 17.3 Å². The molecule has 1 amide bonds. The van der Waals surface area contributed by atoms with Crippen LogP contribution in [0.2, 0.25) is 0 Å². The zero-order valence-electron chi connectivity index (χ0n) is 14.1. The molecule has 1 aromatic rings. The van der Waals surface area contributed by atoms with Gasteiger partial charge in [0.15, 0.2) is 5.11 Å². The summed E-state index contributed by atoms with van der Waals surface area (Å²) in [5.41, 5.74) is 5.44. The van der Waals surface area contributed by atoms with Crippen LogP contribution in [0.4, 0.5) is 0 Å². The van der Waals surface area contributed by atoms with Crippen LogP contribution in [0, 0.1) is 0 Å². The third kappa shape index (κ3) is 5.11. The summed E-state index contributed by atoms with van der Waals surface area (Å²) in [6.07, 6.45) is 4.50. The minimum atomic E-state index is -3.74. The van der Waals surface area contributed by atoms with Gasteiger partial charge < -0.3 is 5.32 Å². The van der Waals surface area contributed by atoms with E-state index in [0.29, 0.717) is 16.7 Å². The largest absolute Gasteiger partial charge is 0.359 e. The Balaban J connectivity index is 1.90. The minimum Gasteiger partial charge on any atom is -0.359 e. The van der Waals surface area contributed by atoms with Gasteiger partial charge >= 0.3 is 0 Å². The van der Waals surface area contributed by atoms with E-state index in [1.165, 1.54) is 51.3 Å². The van der Waals surface area contributed by atoms with E-state index in [9.17, 15) is 13.2 Å². The number of benzene rings is 1. The molecule has 10 heteroatoms. The molecule has 0 bridgehead atoms. The van der Waals surface area contributed by atoms with Crippen LogP contribution in [-0.4, -0.2) is 44.1 Å². The Bertz CT molecular complexity index is 716. The molecule has 3 N–H and O–H groups in total. The maximum absolute atomic E-state index is 12.1. The second-order valence-electron chi connectivity index (χ2n) is 5.66. The van der Waals surface area contributed by atoms with Crippen molar-refractivity contribution in [1.29, 1.82) is 0 Å². The van der Waals surface area contributed by atoms with Crippen LogP contribution in [0.1, 0.15) is 36.0 Å². The molecular weight excluding hydrogens is 364 g/mol. The number of nitrogens with one attached hydrogen (secondary N) is 3. The number of rotatable bonds is 5. The number of carbonyl (C=O) groups is 1. The van der Waals surface area contributed by atoms with Crippen molar-refractivity contribution in [3.8, 4) is 0 Å². The van der Waals surface area contributed by atoms with Crippen molar-refractivity contribution in [2.75, 3.05) is 14.2 Å². The third-order valence-corrected chi connectivity index (χ3v) is 5.90. The zero-order valence-corrected chi connectivity index (χ0v) is 15.7. The van der Waals surface area contributed by atoms with Crippen molar-refractivity contribution in [2.24, 2.45) is 0 Å². The van der Waals surface area contributed by atoms with Gasteiger partial charge in [0.25, 0.3) is 15.9 Å². The zero-order chi connectivity index (χ0) is 18.4. The van der Waals surface area contributed by atoms with E-state index in [2.05, 4.69) is 16.2 Å². The molecule has 8 nitrogen and oxygen atoms in total. The Labute approximate surface area is 152 Å². The normalized spacial score (nSPS) is 15.2. The number of hydrogen-bond acceptors (Lipinski definition) is 5. The average molecular weight is 386 g/mol. The molecule has 0 heterocycles. The van der Waals surface area contributed by atoms with Gasteiger partial charge in [-0.05, 0) is 49.3 Å². The lowest BCUT2D eigenvalue weighted by molar-refractivity contribution is -0.0258. The van der Waals surface area contributed by atoms with Crippen molar-refractivity contribution in [3.63, 3.8) is 0 Å². The van der Waals surface area contributed by atoms with Gasteiger partial charge in [-0.2, -0.15) is 0 Å². The molecule has 0 spiro atoms. The van der Waals surface area contributed by atoms with Crippen LogP contribution in [0.5, 0.6) is 0 Å². The molecule has 1 aliphatic carbocycles. The number of hydrogen-bond donors (Lipinski definition) is 3. The Morgan fingerprint density at radius 3 is 2.36 bits per heavy atom. The van der Waals surface area contributed by atoms with E-state index in [0.717, 1.165) is 17.3 Å². The predicted molar refractivity (Wildman–Crippen MR) is 97.0 cm³/mol. The van der Waals surface area contributed by atoms with Gasteiger partial charge in [0.2, 0.25) is 0 Å². The van der Waals surface area contributed by atoms with Crippen molar-refractivity contribution in [3.05, 3.63) is 29.8 Å². The van der Waals surface area contributed by atoms with E-state index in [-0.39, 0.29) is 4.90 Å². The lowest BCUT2D eigenvalue weighted by atomic mass is 10.2. The molecule has 0 saturated heterocycles. The molecule has 2 rings (SSSR count). The number of thiocarbonyl (C=S) groups is 1. The SMILES string of the molecule is CON(C)S(=O)(=O)c1ccc(C(=O)NNC(=S)NC2CCCC2)cc1. The average Bonchev–Trinajstić information content (AvgIpc) is 3.11. The topological polar surface area (TPSA) is 99.8 Å². The summed E-state index contributed by atoms with van der Waals surface area (Å²) < 4.78 is 24.9. The molecule has 0 unspecified atom stereocenters. The third-order valence-electron chi connectivity index (χ3n) is 3.99. The number of hydrazine groups is 1. The quantitative estimate of drug-likeness (QED) is 0.511. The first-order chi connectivity index (χ1) is 11.8. The smallest absolute Gasteiger partial charge is 0.269 e. The molecule has 0 atom stereocenters. The number of sulfonamides is 1. The maximum Gasteiger partial charge on any atom is 0.269 e. The fourth-order valence-corrected chi connectivity index (χ4v) is 3.69. The molecule has 25 heavy (non-hydrogen) atoms. The Kier molecular flexibility index (Phi) is 6.71. The standard InChI is InChI=1S/C15H22N4O4S2/c1-19(23-2)25(21,22)13-9-7-11(8-10-13)14(20)17-18-15(24)16-12-5-3-4-6-12/h7-10,12H,3-6H2,1-2H3,(H,17,20)(H2,16,18,24). The highest BCUT2D eigenvalue weighted by molar-refractivity contribution is 7.89. The van der Waals surface area contributed by atoms with Gasteiger partial charge in [-0.15, -0.1) is 0 Å². The van der Waals surface area contributed by atoms with E-state index >= 15 is 0 Å². The summed E-state index contributed by atoms with van der Waals surface area (Å²) in [5.74, 6) is -0.417. The molecule has 0 aliphatic heterocycles. The molecule has 0 radical (unpaired) electrons. The highest BCUT2D eigenvalue weighted by Crippen LogP contribution is 2.17. The first-order valence-electron chi connectivity index (χ1n) is 7.84. The van der Waals surface area contributed by atoms with Gasteiger partial charge in [0, 0.05) is 18.7 Å².